The number of nitrogens with zero attached hydrogens (tertiary/aromatic N) is 3. The summed E-state index contributed by atoms with van der Waals surface area (Å²) < 4.78 is 3.25. The zero-order valence-electron chi connectivity index (χ0n) is 14.7. The molecule has 7 heteroatoms. The fourth-order valence-electron chi connectivity index (χ4n) is 2.78. The van der Waals surface area contributed by atoms with Crippen LogP contribution in [0.2, 0.25) is 0 Å². The smallest absolute Gasteiger partial charge is 0.300 e. The molecule has 6 nitrogen and oxygen atoms in total. The minimum atomic E-state index is -0.244. The number of hydrogen-bond donors (Lipinski definition) is 1. The van der Waals surface area contributed by atoms with Crippen LogP contribution in [0.1, 0.15) is 38.8 Å². The SMILES string of the molecule is CCCn1c(=O)n(CC(=O)Nc2nc(C(C)C)cs2)c2ccccc21. The number of nitrogens with one attached hydrogen (secondary N) is 1. The minimum absolute atomic E-state index is 0.0212. The summed E-state index contributed by atoms with van der Waals surface area (Å²) >= 11 is 1.40. The van der Waals surface area contributed by atoms with E-state index in [-0.39, 0.29) is 18.1 Å². The summed E-state index contributed by atoms with van der Waals surface area (Å²) in [6.45, 7) is 6.76. The van der Waals surface area contributed by atoms with Crippen LogP contribution < -0.4 is 11.0 Å². The zero-order chi connectivity index (χ0) is 18.0. The molecule has 25 heavy (non-hydrogen) atoms. The lowest BCUT2D eigenvalue weighted by Gasteiger charge is -2.04. The fraction of sp³-hybridized carbons (Fsp3) is 0.389. The van der Waals surface area contributed by atoms with Gasteiger partial charge in [0.1, 0.15) is 6.54 Å². The normalized spacial score (nSPS) is 11.4. The molecule has 0 fully saturated rings. The van der Waals surface area contributed by atoms with Crippen molar-refractivity contribution in [3.63, 3.8) is 0 Å². The summed E-state index contributed by atoms with van der Waals surface area (Å²) in [5.41, 5.74) is 2.44. The van der Waals surface area contributed by atoms with Crippen molar-refractivity contribution in [3.8, 4) is 0 Å². The Labute approximate surface area is 150 Å². The first-order chi connectivity index (χ1) is 12.0. The van der Waals surface area contributed by atoms with E-state index in [0.717, 1.165) is 23.1 Å². The van der Waals surface area contributed by atoms with E-state index in [4.69, 9.17) is 0 Å². The van der Waals surface area contributed by atoms with Crippen LogP contribution in [0.3, 0.4) is 0 Å². The zero-order valence-corrected chi connectivity index (χ0v) is 15.5. The Balaban J connectivity index is 1.85. The van der Waals surface area contributed by atoms with Gasteiger partial charge in [0.2, 0.25) is 5.91 Å². The monoisotopic (exact) mass is 358 g/mol. The summed E-state index contributed by atoms with van der Waals surface area (Å²) in [7, 11) is 0. The maximum Gasteiger partial charge on any atom is 0.329 e. The predicted molar refractivity (Wildman–Crippen MR) is 101 cm³/mol. The molecular weight excluding hydrogens is 336 g/mol. The molecule has 0 aliphatic carbocycles. The molecule has 0 radical (unpaired) electrons. The van der Waals surface area contributed by atoms with Gasteiger partial charge in [0, 0.05) is 11.9 Å². The predicted octanol–water partition coefficient (Wildman–Crippen LogP) is 3.43. The Morgan fingerprint density at radius 1 is 1.24 bits per heavy atom. The molecule has 0 spiro atoms. The highest BCUT2D eigenvalue weighted by Crippen LogP contribution is 2.21. The first kappa shape index (κ1) is 17.4. The van der Waals surface area contributed by atoms with Gasteiger partial charge in [-0.1, -0.05) is 32.9 Å². The number of para-hydroxylation sites is 2. The number of benzene rings is 1. The van der Waals surface area contributed by atoms with Gasteiger partial charge in [-0.15, -0.1) is 11.3 Å². The van der Waals surface area contributed by atoms with Crippen molar-refractivity contribution in [2.75, 3.05) is 5.32 Å². The summed E-state index contributed by atoms with van der Waals surface area (Å²) in [6, 6.07) is 7.57. The Hall–Kier alpha value is -2.41. The molecule has 132 valence electrons. The van der Waals surface area contributed by atoms with E-state index < -0.39 is 0 Å². The van der Waals surface area contributed by atoms with Crippen LogP contribution >= 0.6 is 11.3 Å². The van der Waals surface area contributed by atoms with Gasteiger partial charge < -0.3 is 5.32 Å². The number of aromatic nitrogens is 3. The van der Waals surface area contributed by atoms with Gasteiger partial charge in [-0.05, 0) is 24.5 Å². The van der Waals surface area contributed by atoms with Crippen LogP contribution in [0.15, 0.2) is 34.4 Å². The third-order valence-electron chi connectivity index (χ3n) is 4.03. The summed E-state index contributed by atoms with van der Waals surface area (Å²) in [6.07, 6.45) is 0.858. The number of carbonyl (C=O) groups excluding carboxylic acids is 1. The highest BCUT2D eigenvalue weighted by atomic mass is 32.1. The van der Waals surface area contributed by atoms with Crippen LogP contribution in [0.4, 0.5) is 5.13 Å². The lowest BCUT2D eigenvalue weighted by atomic mass is 10.2. The molecule has 0 atom stereocenters. The van der Waals surface area contributed by atoms with E-state index in [9.17, 15) is 9.59 Å². The number of aryl methyl sites for hydroxylation is 1. The molecule has 0 saturated heterocycles. The van der Waals surface area contributed by atoms with Gasteiger partial charge in [0.05, 0.1) is 16.7 Å². The second-order valence-corrected chi connectivity index (χ2v) is 7.15. The van der Waals surface area contributed by atoms with Crippen LogP contribution in [0.25, 0.3) is 11.0 Å². The van der Waals surface area contributed by atoms with E-state index >= 15 is 0 Å². The molecule has 1 amide bonds. The highest BCUT2D eigenvalue weighted by Gasteiger charge is 2.16. The van der Waals surface area contributed by atoms with Crippen molar-refractivity contribution < 1.29 is 4.79 Å². The molecule has 1 aromatic carbocycles. The van der Waals surface area contributed by atoms with Gasteiger partial charge in [-0.3, -0.25) is 13.9 Å². The van der Waals surface area contributed by atoms with Crippen molar-refractivity contribution in [1.29, 1.82) is 0 Å². The largest absolute Gasteiger partial charge is 0.329 e. The number of hydrogen-bond acceptors (Lipinski definition) is 4. The molecule has 2 aromatic heterocycles. The first-order valence-corrected chi connectivity index (χ1v) is 9.32. The Kier molecular flexibility index (Phi) is 5.03. The second kappa shape index (κ2) is 7.23. The molecular formula is C18H22N4O2S. The van der Waals surface area contributed by atoms with Crippen LogP contribution in [-0.2, 0) is 17.9 Å². The van der Waals surface area contributed by atoms with E-state index in [2.05, 4.69) is 24.1 Å². The van der Waals surface area contributed by atoms with E-state index in [0.29, 0.717) is 17.6 Å². The average Bonchev–Trinajstić information content (AvgIpc) is 3.14. The van der Waals surface area contributed by atoms with Crippen LogP contribution in [0.5, 0.6) is 0 Å². The van der Waals surface area contributed by atoms with Gasteiger partial charge in [0.15, 0.2) is 5.13 Å². The van der Waals surface area contributed by atoms with Crippen molar-refractivity contribution in [3.05, 3.63) is 45.8 Å². The van der Waals surface area contributed by atoms with E-state index in [1.165, 1.54) is 15.9 Å². The maximum absolute atomic E-state index is 12.7. The molecule has 0 unspecified atom stereocenters. The lowest BCUT2D eigenvalue weighted by Crippen LogP contribution is -2.29. The molecule has 0 saturated carbocycles. The number of thiazole rings is 1. The number of fused-ring (bicyclic) bond motifs is 1. The van der Waals surface area contributed by atoms with Crippen molar-refractivity contribution in [1.82, 2.24) is 14.1 Å². The molecule has 3 aromatic rings. The Morgan fingerprint density at radius 3 is 2.52 bits per heavy atom. The topological polar surface area (TPSA) is 68.9 Å². The number of anilines is 1. The summed E-state index contributed by atoms with van der Waals surface area (Å²) in [4.78, 5) is 29.5. The van der Waals surface area contributed by atoms with Crippen molar-refractivity contribution in [2.24, 2.45) is 0 Å². The molecule has 0 aliphatic rings. The molecule has 0 bridgehead atoms. The molecule has 2 heterocycles. The highest BCUT2D eigenvalue weighted by molar-refractivity contribution is 7.13. The number of carbonyl (C=O) groups is 1. The fourth-order valence-corrected chi connectivity index (χ4v) is 3.66. The molecule has 3 rings (SSSR count). The third-order valence-corrected chi connectivity index (χ3v) is 4.81. The third kappa shape index (κ3) is 3.51. The lowest BCUT2D eigenvalue weighted by molar-refractivity contribution is -0.116. The van der Waals surface area contributed by atoms with Gasteiger partial charge >= 0.3 is 5.69 Å². The average molecular weight is 358 g/mol. The van der Waals surface area contributed by atoms with Crippen LogP contribution in [0, 0.1) is 0 Å². The van der Waals surface area contributed by atoms with Crippen LogP contribution in [-0.4, -0.2) is 20.0 Å². The van der Waals surface area contributed by atoms with E-state index in [1.54, 1.807) is 4.57 Å². The van der Waals surface area contributed by atoms with Gasteiger partial charge in [-0.2, -0.15) is 0 Å². The number of rotatable bonds is 6. The molecule has 0 aliphatic heterocycles. The summed E-state index contributed by atoms with van der Waals surface area (Å²) in [5, 5.41) is 5.31. The van der Waals surface area contributed by atoms with Gasteiger partial charge in [0.25, 0.3) is 0 Å². The number of imidazole rings is 1. The Bertz CT molecular complexity index is 952. The van der Waals surface area contributed by atoms with E-state index in [1.807, 2.05) is 36.6 Å². The first-order valence-electron chi connectivity index (χ1n) is 8.44. The number of amides is 1. The Morgan fingerprint density at radius 2 is 1.92 bits per heavy atom. The standard InChI is InChI=1S/C18H22N4O2S/c1-4-9-21-14-7-5-6-8-15(14)22(18(21)24)10-16(23)20-17-19-13(11-25-17)12(2)3/h5-8,11-12H,4,9-10H2,1-3H3,(H,19,20,23). The second-order valence-electron chi connectivity index (χ2n) is 6.29. The van der Waals surface area contributed by atoms with Gasteiger partial charge in [-0.25, -0.2) is 9.78 Å². The quantitative estimate of drug-likeness (QED) is 0.734. The van der Waals surface area contributed by atoms with Crippen molar-refractivity contribution in [2.45, 2.75) is 46.2 Å². The minimum Gasteiger partial charge on any atom is -0.300 e. The molecule has 1 N–H and O–H groups in total. The van der Waals surface area contributed by atoms with Crippen molar-refractivity contribution >= 4 is 33.4 Å². The maximum atomic E-state index is 12.7. The summed E-state index contributed by atoms with van der Waals surface area (Å²) in [5.74, 6) is 0.0719.